The summed E-state index contributed by atoms with van der Waals surface area (Å²) in [6, 6.07) is 24.7. The summed E-state index contributed by atoms with van der Waals surface area (Å²) < 4.78 is 34.2. The van der Waals surface area contributed by atoms with Gasteiger partial charge in [-0.1, -0.05) is 30.3 Å². The van der Waals surface area contributed by atoms with Crippen LogP contribution in [0.15, 0.2) is 72.8 Å². The van der Waals surface area contributed by atoms with Crippen molar-refractivity contribution in [2.45, 2.75) is 13.5 Å². The van der Waals surface area contributed by atoms with Gasteiger partial charge in [0, 0.05) is 29.0 Å². The van der Waals surface area contributed by atoms with E-state index in [0.717, 1.165) is 5.56 Å². The third-order valence-electron chi connectivity index (χ3n) is 5.86. The van der Waals surface area contributed by atoms with Crippen LogP contribution < -0.4 is 23.7 Å². The number of ether oxygens (including phenoxy) is 6. The maximum Gasteiger partial charge on any atom is 0.238 e. The van der Waals surface area contributed by atoms with Crippen molar-refractivity contribution < 1.29 is 28.4 Å². The highest BCUT2D eigenvalue weighted by Crippen LogP contribution is 2.40. The van der Waals surface area contributed by atoms with Gasteiger partial charge in [0.15, 0.2) is 11.5 Å². The molecule has 8 heteroatoms. The van der Waals surface area contributed by atoms with Crippen LogP contribution in [-0.2, 0) is 11.3 Å². The molecule has 1 aliphatic heterocycles. The van der Waals surface area contributed by atoms with Gasteiger partial charge in [-0.2, -0.15) is 5.26 Å². The first-order valence-electron chi connectivity index (χ1n) is 12.1. The quantitative estimate of drug-likeness (QED) is 0.238. The minimum Gasteiger partial charge on any atom is -0.497 e. The molecule has 4 aromatic rings. The summed E-state index contributed by atoms with van der Waals surface area (Å²) in [6.07, 6.45) is 0. The van der Waals surface area contributed by atoms with Gasteiger partial charge in [-0.25, -0.2) is 4.98 Å². The van der Waals surface area contributed by atoms with Crippen LogP contribution in [0.2, 0.25) is 0 Å². The molecule has 5 rings (SSSR count). The molecule has 0 bridgehead atoms. The van der Waals surface area contributed by atoms with E-state index in [1.807, 2.05) is 55.5 Å². The Morgan fingerprint density at radius 2 is 1.71 bits per heavy atom. The monoisotopic (exact) mass is 510 g/mol. The standard InChI is InChI=1S/C30H26N2O6/c1-20-14-25(26(17-31)30(32-20)38-23-9-11-27-29(16-23)37-19-36-27)24-10-8-22(33-2)15-28(24)35-13-12-34-18-21-6-4-3-5-7-21/h3-11,14-16H,12-13,18-19H2,1-2H3. The lowest BCUT2D eigenvalue weighted by Crippen LogP contribution is -2.08. The second-order valence-corrected chi connectivity index (χ2v) is 8.47. The molecule has 0 aliphatic carbocycles. The number of pyridine rings is 1. The largest absolute Gasteiger partial charge is 0.497 e. The van der Waals surface area contributed by atoms with Gasteiger partial charge in [0.1, 0.15) is 35.5 Å². The second-order valence-electron chi connectivity index (χ2n) is 8.47. The Kier molecular flexibility index (Phi) is 7.57. The highest BCUT2D eigenvalue weighted by Gasteiger charge is 2.20. The van der Waals surface area contributed by atoms with E-state index in [0.29, 0.717) is 65.4 Å². The molecule has 1 aliphatic rings. The number of fused-ring (bicyclic) bond motifs is 1. The normalized spacial score (nSPS) is 11.6. The molecule has 38 heavy (non-hydrogen) atoms. The first-order valence-corrected chi connectivity index (χ1v) is 12.1. The lowest BCUT2D eigenvalue weighted by Gasteiger charge is -2.16. The average molecular weight is 511 g/mol. The highest BCUT2D eigenvalue weighted by atomic mass is 16.7. The molecule has 0 atom stereocenters. The fourth-order valence-corrected chi connectivity index (χ4v) is 4.04. The highest BCUT2D eigenvalue weighted by molar-refractivity contribution is 5.78. The molecular formula is C30H26N2O6. The van der Waals surface area contributed by atoms with Crippen molar-refractivity contribution in [2.75, 3.05) is 27.1 Å². The smallest absolute Gasteiger partial charge is 0.238 e. The van der Waals surface area contributed by atoms with E-state index in [1.165, 1.54) is 0 Å². The summed E-state index contributed by atoms with van der Waals surface area (Å²) >= 11 is 0. The van der Waals surface area contributed by atoms with Crippen molar-refractivity contribution in [3.8, 4) is 51.8 Å². The Labute approximate surface area is 220 Å². The molecule has 8 nitrogen and oxygen atoms in total. The van der Waals surface area contributed by atoms with E-state index in [-0.39, 0.29) is 18.2 Å². The molecule has 0 saturated carbocycles. The predicted octanol–water partition coefficient (Wildman–Crippen LogP) is 6.05. The number of nitriles is 1. The Morgan fingerprint density at radius 1 is 0.895 bits per heavy atom. The Hall–Kier alpha value is -4.74. The zero-order valence-electron chi connectivity index (χ0n) is 21.1. The predicted molar refractivity (Wildman–Crippen MR) is 140 cm³/mol. The summed E-state index contributed by atoms with van der Waals surface area (Å²) in [6.45, 7) is 3.22. The fraction of sp³-hybridized carbons (Fsp3) is 0.200. The van der Waals surface area contributed by atoms with Gasteiger partial charge in [0.2, 0.25) is 12.7 Å². The van der Waals surface area contributed by atoms with Crippen LogP contribution in [0.1, 0.15) is 16.8 Å². The molecule has 0 spiro atoms. The molecule has 3 aromatic carbocycles. The SMILES string of the molecule is COc1ccc(-c2cc(C)nc(Oc3ccc4c(c3)OCO4)c2C#N)c(OCCOCc2ccccc2)c1. The van der Waals surface area contributed by atoms with E-state index >= 15 is 0 Å². The van der Waals surface area contributed by atoms with E-state index < -0.39 is 0 Å². The maximum atomic E-state index is 10.1. The number of aromatic nitrogens is 1. The Morgan fingerprint density at radius 3 is 2.53 bits per heavy atom. The molecule has 0 N–H and O–H groups in total. The number of methoxy groups -OCH3 is 1. The Bertz CT molecular complexity index is 1470. The molecular weight excluding hydrogens is 484 g/mol. The van der Waals surface area contributed by atoms with E-state index in [9.17, 15) is 5.26 Å². The number of hydrogen-bond donors (Lipinski definition) is 0. The van der Waals surface area contributed by atoms with Gasteiger partial charge < -0.3 is 28.4 Å². The van der Waals surface area contributed by atoms with Crippen LogP contribution in [-0.4, -0.2) is 32.1 Å². The van der Waals surface area contributed by atoms with Crippen molar-refractivity contribution in [3.63, 3.8) is 0 Å². The van der Waals surface area contributed by atoms with Crippen LogP contribution in [0.25, 0.3) is 11.1 Å². The molecule has 2 heterocycles. The van der Waals surface area contributed by atoms with Crippen molar-refractivity contribution in [3.05, 3.63) is 89.6 Å². The van der Waals surface area contributed by atoms with Gasteiger partial charge in [0.05, 0.1) is 20.3 Å². The third kappa shape index (κ3) is 5.64. The molecule has 0 radical (unpaired) electrons. The molecule has 0 fully saturated rings. The average Bonchev–Trinajstić information content (AvgIpc) is 3.41. The number of rotatable bonds is 10. The first kappa shape index (κ1) is 24.9. The lowest BCUT2D eigenvalue weighted by molar-refractivity contribution is 0.0890. The van der Waals surface area contributed by atoms with E-state index in [4.69, 9.17) is 28.4 Å². The zero-order valence-corrected chi connectivity index (χ0v) is 21.1. The van der Waals surface area contributed by atoms with Crippen molar-refractivity contribution in [1.29, 1.82) is 5.26 Å². The minimum atomic E-state index is 0.159. The fourth-order valence-electron chi connectivity index (χ4n) is 4.04. The van der Waals surface area contributed by atoms with E-state index in [1.54, 1.807) is 31.4 Å². The number of hydrogen-bond acceptors (Lipinski definition) is 8. The zero-order chi connectivity index (χ0) is 26.3. The van der Waals surface area contributed by atoms with Crippen LogP contribution in [0, 0.1) is 18.3 Å². The second kappa shape index (κ2) is 11.5. The summed E-state index contributed by atoms with van der Waals surface area (Å²) in [4.78, 5) is 4.50. The van der Waals surface area contributed by atoms with Crippen molar-refractivity contribution in [2.24, 2.45) is 0 Å². The number of benzene rings is 3. The summed E-state index contributed by atoms with van der Waals surface area (Å²) in [5.74, 6) is 3.09. The summed E-state index contributed by atoms with van der Waals surface area (Å²) in [5.41, 5.74) is 3.41. The topological polar surface area (TPSA) is 92.1 Å². The van der Waals surface area contributed by atoms with Crippen LogP contribution in [0.3, 0.4) is 0 Å². The van der Waals surface area contributed by atoms with Crippen LogP contribution in [0.4, 0.5) is 0 Å². The number of aryl methyl sites for hydroxylation is 1. The van der Waals surface area contributed by atoms with Gasteiger partial charge >= 0.3 is 0 Å². The molecule has 0 saturated heterocycles. The summed E-state index contributed by atoms with van der Waals surface area (Å²) in [5, 5.41) is 10.1. The van der Waals surface area contributed by atoms with Crippen LogP contribution >= 0.6 is 0 Å². The van der Waals surface area contributed by atoms with Crippen molar-refractivity contribution in [1.82, 2.24) is 4.98 Å². The van der Waals surface area contributed by atoms with Gasteiger partial charge in [0.25, 0.3) is 0 Å². The van der Waals surface area contributed by atoms with E-state index in [2.05, 4.69) is 11.1 Å². The first-order chi connectivity index (χ1) is 18.6. The summed E-state index contributed by atoms with van der Waals surface area (Å²) in [7, 11) is 1.59. The molecule has 192 valence electrons. The minimum absolute atomic E-state index is 0.159. The molecule has 1 aromatic heterocycles. The third-order valence-corrected chi connectivity index (χ3v) is 5.86. The molecule has 0 amide bonds. The maximum absolute atomic E-state index is 10.1. The Balaban J connectivity index is 1.39. The molecule has 0 unspecified atom stereocenters. The van der Waals surface area contributed by atoms with Crippen LogP contribution in [0.5, 0.6) is 34.6 Å². The van der Waals surface area contributed by atoms with Gasteiger partial charge in [-0.3, -0.25) is 0 Å². The number of nitrogens with zero attached hydrogens (tertiary/aromatic N) is 2. The van der Waals surface area contributed by atoms with Gasteiger partial charge in [-0.15, -0.1) is 0 Å². The lowest BCUT2D eigenvalue weighted by atomic mass is 9.99. The van der Waals surface area contributed by atoms with Gasteiger partial charge in [-0.05, 0) is 42.8 Å². The van der Waals surface area contributed by atoms with Crippen molar-refractivity contribution >= 4 is 0 Å².